The van der Waals surface area contributed by atoms with Crippen LogP contribution < -0.4 is 4.90 Å². The highest BCUT2D eigenvalue weighted by molar-refractivity contribution is 7.19. The van der Waals surface area contributed by atoms with Gasteiger partial charge in [-0.15, -0.1) is 20.5 Å². The van der Waals surface area contributed by atoms with Gasteiger partial charge in [-0.1, -0.05) is 11.3 Å². The lowest BCUT2D eigenvalue weighted by molar-refractivity contribution is 0.949. The summed E-state index contributed by atoms with van der Waals surface area (Å²) in [6, 6.07) is 15.6. The minimum Gasteiger partial charge on any atom is -0.363 e. The number of nitrogens with zero attached hydrogens (tertiary/aromatic N) is 9. The summed E-state index contributed by atoms with van der Waals surface area (Å²) < 4.78 is 4.11. The highest BCUT2D eigenvalue weighted by Crippen LogP contribution is 2.35. The van der Waals surface area contributed by atoms with Crippen molar-refractivity contribution in [2.24, 2.45) is 30.7 Å². The lowest BCUT2D eigenvalue weighted by Crippen LogP contribution is -2.15. The number of anilines is 1. The highest BCUT2D eigenvalue weighted by atomic mass is 32.1. The van der Waals surface area contributed by atoms with E-state index in [1.165, 1.54) is 29.4 Å². The van der Waals surface area contributed by atoms with Crippen LogP contribution in [-0.2, 0) is 0 Å². The third-order valence-electron chi connectivity index (χ3n) is 5.65. The maximum absolute atomic E-state index is 4.43. The minimum atomic E-state index is 0.538. The first-order chi connectivity index (χ1) is 17.5. The summed E-state index contributed by atoms with van der Waals surface area (Å²) >= 11 is 2.91. The van der Waals surface area contributed by atoms with Gasteiger partial charge in [0, 0.05) is 24.6 Å². The molecule has 0 atom stereocenters. The number of azo groups is 3. The topological polar surface area (TPSA) is 103 Å². The van der Waals surface area contributed by atoms with Crippen LogP contribution in [0.3, 0.4) is 0 Å². The van der Waals surface area contributed by atoms with Crippen LogP contribution in [0.5, 0.6) is 0 Å². The van der Waals surface area contributed by atoms with Crippen molar-refractivity contribution in [3.63, 3.8) is 0 Å². The van der Waals surface area contributed by atoms with Crippen molar-refractivity contribution in [1.29, 1.82) is 0 Å². The van der Waals surface area contributed by atoms with Crippen molar-refractivity contribution in [1.82, 2.24) is 9.36 Å². The molecule has 0 saturated carbocycles. The first kappa shape index (κ1) is 24.0. The molecule has 0 aliphatic carbocycles. The molecule has 11 heteroatoms. The smallest absolute Gasteiger partial charge is 0.249 e. The second-order valence-electron chi connectivity index (χ2n) is 8.47. The Balaban J connectivity index is 1.23. The normalized spacial score (nSPS) is 14.2. The fraction of sp³-hybridized carbons (Fsp3) is 0.280. The van der Waals surface area contributed by atoms with Gasteiger partial charge in [-0.2, -0.15) is 14.6 Å². The molecule has 0 N–H and O–H groups in total. The van der Waals surface area contributed by atoms with E-state index in [1.807, 2.05) is 63.2 Å². The number of benzene rings is 2. The summed E-state index contributed by atoms with van der Waals surface area (Å²) in [6.45, 7) is 8.05. The van der Waals surface area contributed by atoms with Gasteiger partial charge in [-0.25, -0.2) is 4.98 Å². The Morgan fingerprint density at radius 3 is 1.97 bits per heavy atom. The zero-order valence-electron chi connectivity index (χ0n) is 20.3. The molecule has 1 fully saturated rings. The summed E-state index contributed by atoms with van der Waals surface area (Å²) in [7, 11) is 0. The standard InChI is InChI=1S/C25H25N9S2/c1-16-15-20(28-31-23-10-11-24(35-23)34-12-4-5-13-34)7-8-21(16)29-27-19-6-9-22(17(2)14-19)30-32-25-26-18(3)33-36-25/h6-11,14-15H,4-5,12-13H2,1-3H3. The molecule has 0 bridgehead atoms. The predicted octanol–water partition coefficient (Wildman–Crippen LogP) is 9.37. The molecule has 0 amide bonds. The van der Waals surface area contributed by atoms with Gasteiger partial charge < -0.3 is 4.90 Å². The molecule has 0 unspecified atom stereocenters. The molecular weight excluding hydrogens is 490 g/mol. The number of hydrogen-bond donors (Lipinski definition) is 0. The molecule has 1 aliphatic rings. The Bertz CT molecular complexity index is 1450. The Labute approximate surface area is 217 Å². The van der Waals surface area contributed by atoms with Gasteiger partial charge in [0.2, 0.25) is 5.13 Å². The number of thiophene rings is 1. The first-order valence-electron chi connectivity index (χ1n) is 11.7. The first-order valence-corrected chi connectivity index (χ1v) is 13.2. The zero-order valence-corrected chi connectivity index (χ0v) is 21.9. The maximum atomic E-state index is 4.43. The van der Waals surface area contributed by atoms with Crippen molar-refractivity contribution in [2.45, 2.75) is 33.6 Å². The van der Waals surface area contributed by atoms with Crippen LogP contribution in [0, 0.1) is 20.8 Å². The molecule has 0 radical (unpaired) electrons. The van der Waals surface area contributed by atoms with Crippen LogP contribution in [0.1, 0.15) is 29.8 Å². The molecule has 3 heterocycles. The average Bonchev–Trinajstić information content (AvgIpc) is 3.64. The van der Waals surface area contributed by atoms with E-state index in [-0.39, 0.29) is 0 Å². The summed E-state index contributed by atoms with van der Waals surface area (Å²) in [5, 5.41) is 28.8. The number of aryl methyl sites for hydroxylation is 3. The summed E-state index contributed by atoms with van der Waals surface area (Å²) in [5.74, 6) is 0.696. The Morgan fingerprint density at radius 2 is 1.36 bits per heavy atom. The van der Waals surface area contributed by atoms with E-state index >= 15 is 0 Å². The molecule has 5 rings (SSSR count). The van der Waals surface area contributed by atoms with Crippen molar-refractivity contribution in [2.75, 3.05) is 18.0 Å². The van der Waals surface area contributed by atoms with Crippen LogP contribution in [0.15, 0.2) is 79.2 Å². The van der Waals surface area contributed by atoms with Crippen LogP contribution in [0.4, 0.5) is 37.9 Å². The molecule has 1 aliphatic heterocycles. The number of aromatic nitrogens is 2. The lowest BCUT2D eigenvalue weighted by Gasteiger charge is -2.13. The van der Waals surface area contributed by atoms with Crippen molar-refractivity contribution in [3.05, 3.63) is 65.5 Å². The quantitative estimate of drug-likeness (QED) is 0.229. The van der Waals surface area contributed by atoms with Gasteiger partial charge in [0.05, 0.1) is 27.8 Å². The second-order valence-corrected chi connectivity index (χ2v) is 10.2. The second kappa shape index (κ2) is 10.9. The van der Waals surface area contributed by atoms with Crippen molar-refractivity contribution < 1.29 is 0 Å². The molecule has 4 aromatic rings. The van der Waals surface area contributed by atoms with Crippen LogP contribution >= 0.6 is 22.9 Å². The van der Waals surface area contributed by atoms with Gasteiger partial charge in [-0.05, 0) is 93.3 Å². The van der Waals surface area contributed by atoms with Crippen molar-refractivity contribution >= 4 is 60.8 Å². The van der Waals surface area contributed by atoms with E-state index in [2.05, 4.69) is 51.0 Å². The molecule has 182 valence electrons. The minimum absolute atomic E-state index is 0.538. The molecule has 0 spiro atoms. The summed E-state index contributed by atoms with van der Waals surface area (Å²) in [4.78, 5) is 6.60. The predicted molar refractivity (Wildman–Crippen MR) is 145 cm³/mol. The van der Waals surface area contributed by atoms with Gasteiger partial charge >= 0.3 is 0 Å². The fourth-order valence-electron chi connectivity index (χ4n) is 3.75. The lowest BCUT2D eigenvalue weighted by atomic mass is 10.2. The van der Waals surface area contributed by atoms with E-state index in [9.17, 15) is 0 Å². The van der Waals surface area contributed by atoms with Gasteiger partial charge in [0.1, 0.15) is 10.8 Å². The van der Waals surface area contributed by atoms with E-state index < -0.39 is 0 Å². The molecule has 1 saturated heterocycles. The maximum Gasteiger partial charge on any atom is 0.249 e. The van der Waals surface area contributed by atoms with Crippen molar-refractivity contribution in [3.8, 4) is 0 Å². The highest BCUT2D eigenvalue weighted by Gasteiger charge is 2.14. The van der Waals surface area contributed by atoms with Gasteiger partial charge in [-0.3, -0.25) is 0 Å². The number of rotatable bonds is 7. The fourth-order valence-corrected chi connectivity index (χ4v) is 5.13. The zero-order chi connectivity index (χ0) is 24.9. The third kappa shape index (κ3) is 5.92. The number of hydrogen-bond acceptors (Lipinski definition) is 11. The Hall–Kier alpha value is -3.70. The third-order valence-corrected chi connectivity index (χ3v) is 7.38. The van der Waals surface area contributed by atoms with Crippen LogP contribution in [0.25, 0.3) is 0 Å². The Morgan fingerprint density at radius 1 is 0.722 bits per heavy atom. The van der Waals surface area contributed by atoms with Gasteiger partial charge in [0.25, 0.3) is 0 Å². The average molecular weight is 516 g/mol. The summed E-state index contributed by atoms with van der Waals surface area (Å²) in [6.07, 6.45) is 2.53. The van der Waals surface area contributed by atoms with E-state index in [4.69, 9.17) is 0 Å². The Kier molecular flexibility index (Phi) is 7.28. The molecule has 2 aromatic carbocycles. The van der Waals surface area contributed by atoms with E-state index in [1.54, 1.807) is 11.3 Å². The molecule has 9 nitrogen and oxygen atoms in total. The summed E-state index contributed by atoms with van der Waals surface area (Å²) in [5.41, 5.74) is 5.01. The molecular formula is C25H25N9S2. The largest absolute Gasteiger partial charge is 0.363 e. The van der Waals surface area contributed by atoms with Gasteiger partial charge in [0.15, 0.2) is 0 Å². The van der Waals surface area contributed by atoms with E-state index in [0.29, 0.717) is 11.0 Å². The van der Waals surface area contributed by atoms with Crippen LogP contribution in [0.2, 0.25) is 0 Å². The SMILES string of the molecule is Cc1nsc(N=Nc2ccc(N=Nc3ccc(N=Nc4ccc(N5CCCC5)s4)cc3C)cc2C)n1. The molecule has 36 heavy (non-hydrogen) atoms. The monoisotopic (exact) mass is 515 g/mol. The van der Waals surface area contributed by atoms with E-state index in [0.717, 1.165) is 52.0 Å². The van der Waals surface area contributed by atoms with Crippen LogP contribution in [-0.4, -0.2) is 22.4 Å². The molecule has 2 aromatic heterocycles.